The highest BCUT2D eigenvalue weighted by Gasteiger charge is 2.12. The molecule has 0 aliphatic carbocycles. The highest BCUT2D eigenvalue weighted by atomic mass is 16.5. The second-order valence-corrected chi connectivity index (χ2v) is 6.29. The van der Waals surface area contributed by atoms with Crippen LogP contribution < -0.4 is 10.1 Å². The van der Waals surface area contributed by atoms with Crippen molar-refractivity contribution in [3.63, 3.8) is 0 Å². The van der Waals surface area contributed by atoms with E-state index in [1.54, 1.807) is 30.5 Å². The van der Waals surface area contributed by atoms with Crippen LogP contribution in [0, 0.1) is 6.92 Å². The summed E-state index contributed by atoms with van der Waals surface area (Å²) in [5.41, 5.74) is 4.25. The lowest BCUT2D eigenvalue weighted by Crippen LogP contribution is -2.12. The molecule has 0 fully saturated rings. The van der Waals surface area contributed by atoms with Gasteiger partial charge in [-0.25, -0.2) is 4.98 Å². The first-order valence-corrected chi connectivity index (χ1v) is 9.01. The molecule has 2 aromatic heterocycles. The number of hydrogen-bond acceptors (Lipinski definition) is 5. The van der Waals surface area contributed by atoms with E-state index < -0.39 is 0 Å². The molecule has 0 atom stereocenters. The van der Waals surface area contributed by atoms with Crippen molar-refractivity contribution >= 4 is 22.8 Å². The summed E-state index contributed by atoms with van der Waals surface area (Å²) < 4.78 is 11.2. The summed E-state index contributed by atoms with van der Waals surface area (Å²) in [6.45, 7) is 4.44. The predicted octanol–water partition coefficient (Wildman–Crippen LogP) is 4.85. The van der Waals surface area contributed by atoms with Crippen LogP contribution in [-0.2, 0) is 0 Å². The molecule has 0 aliphatic heterocycles. The summed E-state index contributed by atoms with van der Waals surface area (Å²) in [6.07, 6.45) is 1.68. The van der Waals surface area contributed by atoms with Crippen molar-refractivity contribution < 1.29 is 13.9 Å². The second-order valence-electron chi connectivity index (χ2n) is 6.29. The number of anilines is 1. The van der Waals surface area contributed by atoms with Crippen molar-refractivity contribution in [3.05, 3.63) is 71.9 Å². The van der Waals surface area contributed by atoms with Gasteiger partial charge in [0.1, 0.15) is 5.75 Å². The number of nitrogens with one attached hydrogen (secondary N) is 1. The Kier molecular flexibility index (Phi) is 4.76. The fraction of sp³-hybridized carbons (Fsp3) is 0.136. The number of hydrogen-bond donors (Lipinski definition) is 1. The summed E-state index contributed by atoms with van der Waals surface area (Å²) in [4.78, 5) is 21.1. The zero-order valence-corrected chi connectivity index (χ0v) is 15.6. The lowest BCUT2D eigenvalue weighted by molar-refractivity contribution is 0.102. The maximum absolute atomic E-state index is 12.5. The first-order valence-electron chi connectivity index (χ1n) is 9.01. The van der Waals surface area contributed by atoms with Crippen LogP contribution in [0.15, 0.2) is 65.2 Å². The van der Waals surface area contributed by atoms with Crippen molar-refractivity contribution in [2.75, 3.05) is 11.9 Å². The van der Waals surface area contributed by atoms with Crippen molar-refractivity contribution in [2.45, 2.75) is 13.8 Å². The summed E-state index contributed by atoms with van der Waals surface area (Å²) in [7, 11) is 0. The third kappa shape index (κ3) is 3.57. The number of aromatic nitrogens is 2. The number of pyridine rings is 1. The summed E-state index contributed by atoms with van der Waals surface area (Å²) >= 11 is 0. The van der Waals surface area contributed by atoms with Crippen LogP contribution in [0.3, 0.4) is 0 Å². The molecule has 0 radical (unpaired) electrons. The minimum Gasteiger partial charge on any atom is -0.494 e. The number of amides is 1. The van der Waals surface area contributed by atoms with E-state index in [4.69, 9.17) is 9.15 Å². The molecular weight excluding hydrogens is 354 g/mol. The van der Waals surface area contributed by atoms with Gasteiger partial charge in [-0.2, -0.15) is 4.98 Å². The molecule has 0 unspecified atom stereocenters. The molecule has 0 saturated carbocycles. The molecule has 6 nitrogen and oxygen atoms in total. The highest BCUT2D eigenvalue weighted by molar-refractivity contribution is 6.04. The van der Waals surface area contributed by atoms with E-state index in [2.05, 4.69) is 15.3 Å². The molecule has 28 heavy (non-hydrogen) atoms. The number of carbonyl (C=O) groups excluding carboxylic acids is 1. The zero-order chi connectivity index (χ0) is 19.5. The zero-order valence-electron chi connectivity index (χ0n) is 15.6. The Morgan fingerprint density at radius 2 is 1.96 bits per heavy atom. The van der Waals surface area contributed by atoms with Crippen LogP contribution >= 0.6 is 0 Å². The fourth-order valence-corrected chi connectivity index (χ4v) is 2.89. The molecule has 4 aromatic rings. The SMILES string of the molecule is CCOc1ccc(C(=O)Nc2ccc(-c3nc4ncccc4o3)cc2C)cc1. The van der Waals surface area contributed by atoms with Gasteiger partial charge in [0.2, 0.25) is 5.89 Å². The molecule has 6 heteroatoms. The van der Waals surface area contributed by atoms with Gasteiger partial charge in [0.05, 0.1) is 6.61 Å². The van der Waals surface area contributed by atoms with Gasteiger partial charge in [0.25, 0.3) is 5.91 Å². The first kappa shape index (κ1) is 17.7. The Bertz CT molecular complexity index is 1100. The van der Waals surface area contributed by atoms with E-state index in [-0.39, 0.29) is 5.91 Å². The third-order valence-corrected chi connectivity index (χ3v) is 4.31. The van der Waals surface area contributed by atoms with E-state index in [9.17, 15) is 4.79 Å². The van der Waals surface area contributed by atoms with E-state index in [1.807, 2.05) is 44.2 Å². The number of ether oxygens (including phenoxy) is 1. The maximum Gasteiger partial charge on any atom is 0.255 e. The van der Waals surface area contributed by atoms with Crippen LogP contribution in [0.1, 0.15) is 22.8 Å². The molecule has 2 heterocycles. The Labute approximate surface area is 162 Å². The van der Waals surface area contributed by atoms with E-state index in [1.165, 1.54) is 0 Å². The first-order chi connectivity index (χ1) is 13.6. The number of carbonyl (C=O) groups is 1. The van der Waals surface area contributed by atoms with Crippen LogP contribution in [0.25, 0.3) is 22.7 Å². The molecule has 0 spiro atoms. The van der Waals surface area contributed by atoms with Gasteiger partial charge in [0, 0.05) is 23.0 Å². The number of nitrogens with zero attached hydrogens (tertiary/aromatic N) is 2. The van der Waals surface area contributed by atoms with Gasteiger partial charge in [0.15, 0.2) is 11.2 Å². The van der Waals surface area contributed by atoms with Gasteiger partial charge in [-0.15, -0.1) is 0 Å². The third-order valence-electron chi connectivity index (χ3n) is 4.31. The molecular formula is C22H19N3O3. The van der Waals surface area contributed by atoms with E-state index >= 15 is 0 Å². The normalized spacial score (nSPS) is 10.8. The molecule has 0 aliphatic rings. The Balaban J connectivity index is 1.53. The number of rotatable bonds is 5. The molecule has 1 amide bonds. The Hall–Kier alpha value is -3.67. The van der Waals surface area contributed by atoms with Gasteiger partial charge < -0.3 is 14.5 Å². The molecule has 2 aromatic carbocycles. The van der Waals surface area contributed by atoms with Crippen molar-refractivity contribution in [1.29, 1.82) is 0 Å². The largest absolute Gasteiger partial charge is 0.494 e. The van der Waals surface area contributed by atoms with Gasteiger partial charge in [-0.3, -0.25) is 4.79 Å². The lowest BCUT2D eigenvalue weighted by atomic mass is 10.1. The monoisotopic (exact) mass is 373 g/mol. The van der Waals surface area contributed by atoms with Crippen LogP contribution in [0.2, 0.25) is 0 Å². The fourth-order valence-electron chi connectivity index (χ4n) is 2.89. The quantitative estimate of drug-likeness (QED) is 0.541. The molecule has 140 valence electrons. The van der Waals surface area contributed by atoms with Gasteiger partial charge in [-0.05, 0) is 74.0 Å². The van der Waals surface area contributed by atoms with E-state index in [0.717, 1.165) is 22.6 Å². The lowest BCUT2D eigenvalue weighted by Gasteiger charge is -2.10. The smallest absolute Gasteiger partial charge is 0.255 e. The Morgan fingerprint density at radius 3 is 2.68 bits per heavy atom. The van der Waals surface area contributed by atoms with E-state index in [0.29, 0.717) is 29.3 Å². The number of aryl methyl sites for hydroxylation is 1. The van der Waals surface area contributed by atoms with Crippen LogP contribution in [0.5, 0.6) is 5.75 Å². The topological polar surface area (TPSA) is 77.2 Å². The van der Waals surface area contributed by atoms with Crippen LogP contribution in [0.4, 0.5) is 5.69 Å². The number of fused-ring (bicyclic) bond motifs is 1. The molecule has 4 rings (SSSR count). The average Bonchev–Trinajstić information content (AvgIpc) is 3.14. The standard InChI is InChI=1S/C22H19N3O3/c1-3-27-17-9-6-15(7-10-17)21(26)24-18-11-8-16(13-14(18)2)22-25-20-19(28-22)5-4-12-23-20/h4-13H,3H2,1-2H3,(H,24,26). The second kappa shape index (κ2) is 7.52. The molecule has 0 saturated heterocycles. The minimum atomic E-state index is -0.176. The van der Waals surface area contributed by atoms with Gasteiger partial charge >= 0.3 is 0 Å². The predicted molar refractivity (Wildman–Crippen MR) is 108 cm³/mol. The minimum absolute atomic E-state index is 0.176. The number of oxazole rings is 1. The summed E-state index contributed by atoms with van der Waals surface area (Å²) in [6, 6.07) is 16.3. The molecule has 1 N–H and O–H groups in total. The average molecular weight is 373 g/mol. The van der Waals surface area contributed by atoms with Crippen molar-refractivity contribution in [1.82, 2.24) is 9.97 Å². The van der Waals surface area contributed by atoms with Crippen molar-refractivity contribution in [3.8, 4) is 17.2 Å². The molecule has 0 bridgehead atoms. The van der Waals surface area contributed by atoms with Crippen molar-refractivity contribution in [2.24, 2.45) is 0 Å². The summed E-state index contributed by atoms with van der Waals surface area (Å²) in [5, 5.41) is 2.94. The van der Waals surface area contributed by atoms with Crippen LogP contribution in [-0.4, -0.2) is 22.5 Å². The maximum atomic E-state index is 12.5. The summed E-state index contributed by atoms with van der Waals surface area (Å²) in [5.74, 6) is 1.07. The Morgan fingerprint density at radius 1 is 1.14 bits per heavy atom. The van der Waals surface area contributed by atoms with Gasteiger partial charge in [-0.1, -0.05) is 0 Å². The highest BCUT2D eigenvalue weighted by Crippen LogP contribution is 2.27. The number of benzene rings is 2.